The van der Waals surface area contributed by atoms with E-state index in [2.05, 4.69) is 15.9 Å². The second-order valence-electron chi connectivity index (χ2n) is 7.34. The first-order valence-electron chi connectivity index (χ1n) is 8.96. The molecule has 2 heterocycles. The van der Waals surface area contributed by atoms with Gasteiger partial charge in [-0.15, -0.1) is 0 Å². The van der Waals surface area contributed by atoms with Gasteiger partial charge < -0.3 is 4.90 Å². The minimum Gasteiger partial charge on any atom is -0.367 e. The van der Waals surface area contributed by atoms with Crippen molar-refractivity contribution in [2.24, 2.45) is 5.92 Å². The number of fused-ring (bicyclic) bond motifs is 1. The Kier molecular flexibility index (Phi) is 3.98. The van der Waals surface area contributed by atoms with Crippen molar-refractivity contribution in [3.63, 3.8) is 0 Å². The predicted octanol–water partition coefficient (Wildman–Crippen LogP) is 3.54. The van der Waals surface area contributed by atoms with Crippen molar-refractivity contribution in [1.82, 2.24) is 4.90 Å². The molecule has 3 aliphatic rings. The lowest BCUT2D eigenvalue weighted by atomic mass is 9.91. The number of rotatable bonds is 2. The Morgan fingerprint density at radius 3 is 2.61 bits per heavy atom. The van der Waals surface area contributed by atoms with Crippen LogP contribution in [-0.4, -0.2) is 36.6 Å². The Morgan fingerprint density at radius 1 is 1.04 bits per heavy atom. The van der Waals surface area contributed by atoms with E-state index in [0.717, 1.165) is 30.7 Å². The molecule has 0 N–H and O–H groups in total. The molecule has 3 fully saturated rings. The SMILES string of the molecule is N#Cc1cc(F)cc(N2CCC3CCN(C4CCCC4)CC32)c1. The summed E-state index contributed by atoms with van der Waals surface area (Å²) in [5, 5.41) is 9.10. The zero-order valence-electron chi connectivity index (χ0n) is 13.5. The van der Waals surface area contributed by atoms with Crippen LogP contribution in [0.5, 0.6) is 0 Å². The first kappa shape index (κ1) is 15.0. The van der Waals surface area contributed by atoms with Crippen molar-refractivity contribution in [2.75, 3.05) is 24.5 Å². The van der Waals surface area contributed by atoms with Crippen molar-refractivity contribution < 1.29 is 4.39 Å². The fraction of sp³-hybridized carbons (Fsp3) is 0.632. The molecule has 4 heteroatoms. The standard InChI is InChI=1S/C19H24FN3/c20-16-9-14(12-21)10-18(11-16)23-8-6-15-5-7-22(13-19(15)23)17-3-1-2-4-17/h9-11,15,17,19H,1-8,13H2. The average molecular weight is 313 g/mol. The molecule has 0 spiro atoms. The lowest BCUT2D eigenvalue weighted by Gasteiger charge is -2.42. The summed E-state index contributed by atoms with van der Waals surface area (Å²) in [6, 6.07) is 8.09. The number of hydrogen-bond acceptors (Lipinski definition) is 3. The highest BCUT2D eigenvalue weighted by atomic mass is 19.1. The molecule has 0 bridgehead atoms. The molecule has 1 aromatic carbocycles. The Balaban J connectivity index is 1.55. The molecule has 2 aliphatic heterocycles. The molecular weight excluding hydrogens is 289 g/mol. The lowest BCUT2D eigenvalue weighted by molar-refractivity contribution is 0.126. The van der Waals surface area contributed by atoms with E-state index in [-0.39, 0.29) is 5.82 Å². The van der Waals surface area contributed by atoms with E-state index < -0.39 is 0 Å². The van der Waals surface area contributed by atoms with Gasteiger partial charge in [-0.25, -0.2) is 4.39 Å². The third-order valence-electron chi connectivity index (χ3n) is 6.08. The highest BCUT2D eigenvalue weighted by molar-refractivity contribution is 5.54. The molecule has 1 saturated carbocycles. The van der Waals surface area contributed by atoms with Crippen LogP contribution in [0.25, 0.3) is 0 Å². The second kappa shape index (κ2) is 6.13. The number of hydrogen-bond donors (Lipinski definition) is 0. The maximum absolute atomic E-state index is 13.8. The molecule has 4 rings (SSSR count). The van der Waals surface area contributed by atoms with Gasteiger partial charge in [-0.3, -0.25) is 4.90 Å². The normalized spacial score (nSPS) is 28.8. The number of nitriles is 1. The maximum atomic E-state index is 13.8. The van der Waals surface area contributed by atoms with E-state index in [9.17, 15) is 4.39 Å². The average Bonchev–Trinajstić information content (AvgIpc) is 3.23. The Labute approximate surface area is 137 Å². The van der Waals surface area contributed by atoms with Crippen molar-refractivity contribution >= 4 is 5.69 Å². The number of nitrogens with zero attached hydrogens (tertiary/aromatic N) is 3. The minimum atomic E-state index is -0.300. The molecule has 0 amide bonds. The number of halogens is 1. The van der Waals surface area contributed by atoms with E-state index >= 15 is 0 Å². The number of likely N-dealkylation sites (tertiary alicyclic amines) is 1. The summed E-state index contributed by atoms with van der Waals surface area (Å²) in [6.07, 6.45) is 7.88. The zero-order chi connectivity index (χ0) is 15.8. The van der Waals surface area contributed by atoms with Gasteiger partial charge in [0.2, 0.25) is 0 Å². The summed E-state index contributed by atoms with van der Waals surface area (Å²) < 4.78 is 13.8. The second-order valence-corrected chi connectivity index (χ2v) is 7.34. The van der Waals surface area contributed by atoms with E-state index in [0.29, 0.717) is 11.6 Å². The van der Waals surface area contributed by atoms with Crippen molar-refractivity contribution in [2.45, 2.75) is 50.6 Å². The van der Waals surface area contributed by atoms with Gasteiger partial charge in [0.15, 0.2) is 0 Å². The fourth-order valence-electron chi connectivity index (χ4n) is 4.89. The highest BCUT2D eigenvalue weighted by Gasteiger charge is 2.40. The van der Waals surface area contributed by atoms with Crippen LogP contribution in [0.2, 0.25) is 0 Å². The first-order chi connectivity index (χ1) is 11.2. The summed E-state index contributed by atoms with van der Waals surface area (Å²) in [4.78, 5) is 5.03. The third-order valence-corrected chi connectivity index (χ3v) is 6.08. The van der Waals surface area contributed by atoms with Crippen LogP contribution in [0.4, 0.5) is 10.1 Å². The molecule has 0 radical (unpaired) electrons. The molecule has 3 nitrogen and oxygen atoms in total. The topological polar surface area (TPSA) is 30.3 Å². The first-order valence-corrected chi connectivity index (χ1v) is 8.96. The van der Waals surface area contributed by atoms with Crippen LogP contribution >= 0.6 is 0 Å². The predicted molar refractivity (Wildman–Crippen MR) is 88.8 cm³/mol. The van der Waals surface area contributed by atoms with E-state index in [1.807, 2.05) is 6.07 Å². The Morgan fingerprint density at radius 2 is 1.83 bits per heavy atom. The Bertz CT molecular complexity index is 618. The summed E-state index contributed by atoms with van der Waals surface area (Å²) in [6.45, 7) is 3.32. The Hall–Kier alpha value is -1.60. The fourth-order valence-corrected chi connectivity index (χ4v) is 4.89. The van der Waals surface area contributed by atoms with Gasteiger partial charge in [-0.1, -0.05) is 12.8 Å². The molecule has 1 aromatic rings. The van der Waals surface area contributed by atoms with E-state index in [1.54, 1.807) is 6.07 Å². The van der Waals surface area contributed by atoms with Gasteiger partial charge >= 0.3 is 0 Å². The van der Waals surface area contributed by atoms with Crippen molar-refractivity contribution in [1.29, 1.82) is 5.26 Å². The van der Waals surface area contributed by atoms with Crippen LogP contribution < -0.4 is 4.90 Å². The van der Waals surface area contributed by atoms with Gasteiger partial charge in [0.05, 0.1) is 11.6 Å². The van der Waals surface area contributed by atoms with Gasteiger partial charge in [0.25, 0.3) is 0 Å². The summed E-state index contributed by atoms with van der Waals surface area (Å²) in [5.41, 5.74) is 1.31. The summed E-state index contributed by atoms with van der Waals surface area (Å²) in [7, 11) is 0. The van der Waals surface area contributed by atoms with Crippen molar-refractivity contribution in [3.8, 4) is 6.07 Å². The minimum absolute atomic E-state index is 0.300. The number of piperidine rings is 1. The summed E-state index contributed by atoms with van der Waals surface area (Å²) >= 11 is 0. The highest BCUT2D eigenvalue weighted by Crippen LogP contribution is 2.37. The van der Waals surface area contributed by atoms with Crippen LogP contribution in [0.15, 0.2) is 18.2 Å². The van der Waals surface area contributed by atoms with Crippen molar-refractivity contribution in [3.05, 3.63) is 29.6 Å². The zero-order valence-corrected chi connectivity index (χ0v) is 13.5. The van der Waals surface area contributed by atoms with Crippen LogP contribution in [-0.2, 0) is 0 Å². The molecular formula is C19H24FN3. The van der Waals surface area contributed by atoms with Gasteiger partial charge in [0.1, 0.15) is 5.82 Å². The molecule has 1 aliphatic carbocycles. The van der Waals surface area contributed by atoms with Crippen LogP contribution in [0, 0.1) is 23.1 Å². The quantitative estimate of drug-likeness (QED) is 0.836. The molecule has 2 unspecified atom stereocenters. The monoisotopic (exact) mass is 313 g/mol. The number of benzene rings is 1. The smallest absolute Gasteiger partial charge is 0.126 e. The largest absolute Gasteiger partial charge is 0.367 e. The molecule has 122 valence electrons. The maximum Gasteiger partial charge on any atom is 0.126 e. The van der Waals surface area contributed by atoms with Crippen LogP contribution in [0.3, 0.4) is 0 Å². The van der Waals surface area contributed by atoms with E-state index in [1.165, 1.54) is 51.1 Å². The van der Waals surface area contributed by atoms with E-state index in [4.69, 9.17) is 5.26 Å². The van der Waals surface area contributed by atoms with Gasteiger partial charge in [-0.05, 0) is 56.3 Å². The molecule has 2 saturated heterocycles. The van der Waals surface area contributed by atoms with Gasteiger partial charge in [-0.2, -0.15) is 5.26 Å². The lowest BCUT2D eigenvalue weighted by Crippen LogP contribution is -2.51. The molecule has 23 heavy (non-hydrogen) atoms. The molecule has 0 aromatic heterocycles. The summed E-state index contributed by atoms with van der Waals surface area (Å²) in [5.74, 6) is 0.424. The van der Waals surface area contributed by atoms with Crippen LogP contribution in [0.1, 0.15) is 44.1 Å². The van der Waals surface area contributed by atoms with Gasteiger partial charge in [0, 0.05) is 30.9 Å². The molecule has 2 atom stereocenters. The third kappa shape index (κ3) is 2.83. The number of anilines is 1.